The second-order valence-electron chi connectivity index (χ2n) is 7.50. The topological polar surface area (TPSA) is 0 Å². The van der Waals surface area contributed by atoms with E-state index in [4.69, 9.17) is 0 Å². The fraction of sp³-hybridized carbons (Fsp3) is 1.00. The van der Waals surface area contributed by atoms with Crippen molar-refractivity contribution in [3.05, 3.63) is 0 Å². The van der Waals surface area contributed by atoms with E-state index >= 15 is 0 Å². The molecule has 0 aliphatic carbocycles. The molecule has 0 spiro atoms. The summed E-state index contributed by atoms with van der Waals surface area (Å²) in [4.78, 5) is 0. The monoisotopic (exact) mass is 275 g/mol. The van der Waals surface area contributed by atoms with Crippen molar-refractivity contribution in [2.45, 2.75) is 58.9 Å². The first-order valence-electron chi connectivity index (χ1n) is 5.50. The van der Waals surface area contributed by atoms with Gasteiger partial charge in [0, 0.05) is 38.7 Å². The Bertz CT molecular complexity index is 167. The summed E-state index contributed by atoms with van der Waals surface area (Å²) in [7, 11) is 1.41. The zero-order chi connectivity index (χ0) is 12.0. The van der Waals surface area contributed by atoms with Crippen LogP contribution in [-0.4, -0.2) is 38.7 Å². The Kier molecular flexibility index (Phi) is 4.13. The van der Waals surface area contributed by atoms with Crippen LogP contribution in [0, 0.1) is 0 Å². The van der Waals surface area contributed by atoms with Gasteiger partial charge in [-0.15, -0.1) is 0 Å². The molecule has 3 radical (unpaired) electrons. The molecule has 0 aromatic rings. The number of hydrogen-bond acceptors (Lipinski definition) is 0. The Hall–Kier alpha value is 1.08. The molecule has 0 unspecified atom stereocenters. The molecule has 0 saturated heterocycles. The predicted molar refractivity (Wildman–Crippen MR) is 81.5 cm³/mol. The average molecular weight is 276 g/mol. The summed E-state index contributed by atoms with van der Waals surface area (Å²) in [5, 5.41) is 0. The molecular formula is C9H27Si5. The Balaban J connectivity index is 5.54. The molecule has 83 valence electrons. The van der Waals surface area contributed by atoms with Crippen molar-refractivity contribution in [3.63, 3.8) is 0 Å². The van der Waals surface area contributed by atoms with Crippen LogP contribution in [-0.2, 0) is 0 Å². The third-order valence-corrected chi connectivity index (χ3v) is 91.1. The minimum absolute atomic E-state index is 1.01. The molecule has 0 heterocycles. The van der Waals surface area contributed by atoms with Crippen molar-refractivity contribution >= 4 is 38.7 Å². The zero-order valence-corrected chi connectivity index (χ0v) is 16.5. The molecule has 0 aromatic heterocycles. The molecule has 0 N–H and O–H groups in total. The van der Waals surface area contributed by atoms with Crippen LogP contribution in [0.15, 0.2) is 0 Å². The third-order valence-electron chi connectivity index (χ3n) is 3.38. The van der Waals surface area contributed by atoms with Crippen molar-refractivity contribution in [1.82, 2.24) is 0 Å². The molecule has 0 aromatic carbocycles. The Morgan fingerprint density at radius 3 is 0.643 bits per heavy atom. The van der Waals surface area contributed by atoms with Crippen molar-refractivity contribution in [2.24, 2.45) is 0 Å². The largest absolute Gasteiger partial charge is 0.0721 e. The predicted octanol–water partition coefficient (Wildman–Crippen LogP) is 3.35. The molecular weight excluding hydrogens is 249 g/mol. The Morgan fingerprint density at radius 1 is 0.500 bits per heavy atom. The van der Waals surface area contributed by atoms with Crippen LogP contribution in [0.2, 0.25) is 58.9 Å². The van der Waals surface area contributed by atoms with E-state index in [-0.39, 0.29) is 0 Å². The van der Waals surface area contributed by atoms with Crippen LogP contribution in [0.3, 0.4) is 0 Å². The van der Waals surface area contributed by atoms with E-state index in [0.717, 1.165) is 0 Å². The second-order valence-corrected chi connectivity index (χ2v) is 54.0. The van der Waals surface area contributed by atoms with Crippen molar-refractivity contribution in [1.29, 1.82) is 0 Å². The van der Waals surface area contributed by atoms with Crippen LogP contribution in [0.25, 0.3) is 0 Å². The summed E-state index contributed by atoms with van der Waals surface area (Å²) in [5.74, 6) is 0. The molecule has 0 rings (SSSR count). The van der Waals surface area contributed by atoms with E-state index in [1.165, 1.54) is 0 Å². The van der Waals surface area contributed by atoms with Gasteiger partial charge in [-0.05, 0) is 0 Å². The van der Waals surface area contributed by atoms with Crippen LogP contribution >= 0.6 is 0 Å². The average Bonchev–Trinajstić information content (AvgIpc) is 1.77. The molecule has 0 saturated carbocycles. The highest BCUT2D eigenvalue weighted by Gasteiger charge is 2.57. The minimum atomic E-state index is -1.13. The van der Waals surface area contributed by atoms with E-state index in [1.807, 2.05) is 0 Å². The molecule has 0 fully saturated rings. The van der Waals surface area contributed by atoms with Gasteiger partial charge in [-0.3, -0.25) is 0 Å². The quantitative estimate of drug-likeness (QED) is 0.693. The fourth-order valence-electron chi connectivity index (χ4n) is 3.38. The van der Waals surface area contributed by atoms with Gasteiger partial charge in [-0.2, -0.15) is 0 Å². The summed E-state index contributed by atoms with van der Waals surface area (Å²) in [6.07, 6.45) is -1.13. The van der Waals surface area contributed by atoms with Gasteiger partial charge in [0.2, 0.25) is 0 Å². The minimum Gasteiger partial charge on any atom is -0.0721 e. The lowest BCUT2D eigenvalue weighted by Crippen LogP contribution is -2.83. The van der Waals surface area contributed by atoms with E-state index in [2.05, 4.69) is 68.7 Å². The summed E-state index contributed by atoms with van der Waals surface area (Å²) in [6.45, 7) is 23.3. The highest BCUT2D eigenvalue weighted by atomic mass is 30.2. The van der Waals surface area contributed by atoms with Crippen LogP contribution < -0.4 is 0 Å². The third kappa shape index (κ3) is 2.42. The molecule has 0 aliphatic heterocycles. The maximum absolute atomic E-state index is 4.43. The van der Waals surface area contributed by atoms with Crippen LogP contribution in [0.5, 0.6) is 0 Å². The van der Waals surface area contributed by atoms with Gasteiger partial charge in [-0.1, -0.05) is 58.9 Å². The summed E-state index contributed by atoms with van der Waals surface area (Å²) < 4.78 is 0. The lowest BCUT2D eigenvalue weighted by molar-refractivity contribution is 1.76. The summed E-state index contributed by atoms with van der Waals surface area (Å²) in [5.41, 5.74) is 0. The zero-order valence-electron chi connectivity index (χ0n) is 11.5. The highest BCUT2D eigenvalue weighted by Crippen LogP contribution is 2.33. The van der Waals surface area contributed by atoms with E-state index in [1.54, 1.807) is 0 Å². The van der Waals surface area contributed by atoms with E-state index in [0.29, 0.717) is 0 Å². The maximum atomic E-state index is 4.43. The van der Waals surface area contributed by atoms with Crippen LogP contribution in [0.4, 0.5) is 0 Å². The lowest BCUT2D eigenvalue weighted by atomic mass is 11.8. The molecule has 0 bridgehead atoms. The highest BCUT2D eigenvalue weighted by molar-refractivity contribution is 8.00. The molecule has 0 nitrogen and oxygen atoms in total. The van der Waals surface area contributed by atoms with E-state index in [9.17, 15) is 0 Å². The van der Waals surface area contributed by atoms with Crippen LogP contribution in [0.1, 0.15) is 0 Å². The Morgan fingerprint density at radius 2 is 0.643 bits per heavy atom. The normalized spacial score (nSPS) is 15.9. The smallest absolute Gasteiger partial charge is 0.0305 e. The first-order chi connectivity index (χ1) is 5.75. The van der Waals surface area contributed by atoms with E-state index < -0.39 is 28.9 Å². The maximum Gasteiger partial charge on any atom is 0.0305 e. The van der Waals surface area contributed by atoms with Gasteiger partial charge in [0.25, 0.3) is 0 Å². The molecule has 0 atom stereocenters. The van der Waals surface area contributed by atoms with Gasteiger partial charge < -0.3 is 0 Å². The van der Waals surface area contributed by atoms with Crippen molar-refractivity contribution in [2.75, 3.05) is 0 Å². The molecule has 14 heavy (non-hydrogen) atoms. The first kappa shape index (κ1) is 15.1. The van der Waals surface area contributed by atoms with Gasteiger partial charge in [0.15, 0.2) is 0 Å². The van der Waals surface area contributed by atoms with Gasteiger partial charge in [0.05, 0.1) is 0 Å². The number of hydrogen-bond donors (Lipinski definition) is 0. The molecule has 0 amide bonds. The fourth-order valence-corrected chi connectivity index (χ4v) is 91.1. The first-order valence-corrected chi connectivity index (χ1v) is 22.5. The van der Waals surface area contributed by atoms with Gasteiger partial charge in [0.1, 0.15) is 0 Å². The molecule has 0 aliphatic rings. The standard InChI is InChI=1S/C9H27Si5/c1-11(2,3)14(10,12(4,5)6)13(7,8)9/h1-9H3. The lowest BCUT2D eigenvalue weighted by Gasteiger charge is -2.55. The second kappa shape index (κ2) is 3.83. The van der Waals surface area contributed by atoms with Crippen molar-refractivity contribution in [3.8, 4) is 0 Å². The number of rotatable bonds is 3. The van der Waals surface area contributed by atoms with Gasteiger partial charge >= 0.3 is 0 Å². The molecule has 5 heteroatoms. The SMILES string of the molecule is C[Si](C)(C)[Si]([Si])([Si](C)(C)C)[Si](C)(C)C. The Labute approximate surface area is 97.5 Å². The summed E-state index contributed by atoms with van der Waals surface area (Å²) >= 11 is 0. The van der Waals surface area contributed by atoms with Crippen molar-refractivity contribution < 1.29 is 0 Å². The summed E-state index contributed by atoms with van der Waals surface area (Å²) in [6, 6.07) is 0. The van der Waals surface area contributed by atoms with Gasteiger partial charge in [-0.25, -0.2) is 0 Å².